The number of likely N-dealkylation sites (tertiary alicyclic amines) is 1. The number of nitrogens with two attached hydrogens (primary N) is 1. The van der Waals surface area contributed by atoms with Crippen LogP contribution in [0.1, 0.15) is 32.1 Å². The highest BCUT2D eigenvalue weighted by Gasteiger charge is 2.59. The van der Waals surface area contributed by atoms with Crippen molar-refractivity contribution in [2.75, 3.05) is 13.1 Å². The van der Waals surface area contributed by atoms with Crippen LogP contribution in [0.2, 0.25) is 0 Å². The molecule has 0 aromatic carbocycles. The maximum Gasteiger partial charge on any atom is 0.188 e. The minimum atomic E-state index is 0.269. The number of nitrogens with one attached hydrogen (secondary N) is 1. The summed E-state index contributed by atoms with van der Waals surface area (Å²) in [6.45, 7) is 2.04. The molecular weight excluding hydrogens is 186 g/mol. The number of allylic oxidation sites excluding steroid dienone is 2. The smallest absolute Gasteiger partial charge is 0.188 e. The molecule has 82 valence electrons. The van der Waals surface area contributed by atoms with Crippen LogP contribution >= 0.6 is 0 Å². The van der Waals surface area contributed by atoms with Gasteiger partial charge >= 0.3 is 0 Å². The molecule has 2 aliphatic carbocycles. The first-order valence-corrected chi connectivity index (χ1v) is 5.92. The normalized spacial score (nSPS) is 42.8. The molecule has 1 heterocycles. The maximum absolute atomic E-state index is 7.60. The van der Waals surface area contributed by atoms with Gasteiger partial charge in [0.2, 0.25) is 0 Å². The topological polar surface area (TPSA) is 53.1 Å². The summed E-state index contributed by atoms with van der Waals surface area (Å²) >= 11 is 0. The van der Waals surface area contributed by atoms with Crippen molar-refractivity contribution in [1.29, 1.82) is 5.41 Å². The molecule has 0 radical (unpaired) electrons. The zero-order valence-corrected chi connectivity index (χ0v) is 9.13. The third kappa shape index (κ3) is 1.04. The molecule has 0 amide bonds. The molecule has 0 aromatic rings. The van der Waals surface area contributed by atoms with E-state index < -0.39 is 0 Å². The first-order valence-electron chi connectivity index (χ1n) is 5.92. The number of hydrogen-bond donors (Lipinski definition) is 2. The zero-order chi connectivity index (χ0) is 10.5. The Labute approximate surface area is 90.8 Å². The van der Waals surface area contributed by atoms with Crippen LogP contribution in [0.15, 0.2) is 12.2 Å². The lowest BCUT2D eigenvalue weighted by Crippen LogP contribution is -2.37. The van der Waals surface area contributed by atoms with Crippen LogP contribution in [0.25, 0.3) is 0 Å². The molecule has 3 aliphatic rings. The fraction of sp³-hybridized carbons (Fsp3) is 0.750. The molecule has 3 rings (SSSR count). The monoisotopic (exact) mass is 205 g/mol. The number of rotatable bonds is 0. The van der Waals surface area contributed by atoms with Gasteiger partial charge in [-0.3, -0.25) is 5.41 Å². The predicted molar refractivity (Wildman–Crippen MR) is 60.6 cm³/mol. The van der Waals surface area contributed by atoms with Crippen LogP contribution in [0.3, 0.4) is 0 Å². The molecule has 2 atom stereocenters. The van der Waals surface area contributed by atoms with E-state index in [0.717, 1.165) is 13.1 Å². The van der Waals surface area contributed by atoms with E-state index in [1.54, 1.807) is 0 Å². The summed E-state index contributed by atoms with van der Waals surface area (Å²) in [6, 6.07) is 0. The minimum Gasteiger partial charge on any atom is -0.370 e. The van der Waals surface area contributed by atoms with Crippen LogP contribution in [0.5, 0.6) is 0 Å². The van der Waals surface area contributed by atoms with E-state index in [1.165, 1.54) is 32.1 Å². The molecule has 3 N–H and O–H groups in total. The molecule has 15 heavy (non-hydrogen) atoms. The predicted octanol–water partition coefficient (Wildman–Crippen LogP) is 1.70. The van der Waals surface area contributed by atoms with Gasteiger partial charge in [-0.15, -0.1) is 0 Å². The summed E-state index contributed by atoms with van der Waals surface area (Å²) < 4.78 is 0. The number of nitrogens with zero attached hydrogens (tertiary/aromatic N) is 1. The molecule has 3 nitrogen and oxygen atoms in total. The fourth-order valence-corrected chi connectivity index (χ4v) is 4.13. The Morgan fingerprint density at radius 3 is 2.13 bits per heavy atom. The average Bonchev–Trinajstić information content (AvgIpc) is 2.69. The first kappa shape index (κ1) is 9.25. The second-order valence-corrected chi connectivity index (χ2v) is 5.54. The van der Waals surface area contributed by atoms with E-state index >= 15 is 0 Å². The number of guanidine groups is 1. The van der Waals surface area contributed by atoms with Crippen LogP contribution in [-0.2, 0) is 0 Å². The molecule has 2 fully saturated rings. The second kappa shape index (κ2) is 2.77. The third-order valence-corrected chi connectivity index (χ3v) is 4.95. The summed E-state index contributed by atoms with van der Waals surface area (Å²) in [5.41, 5.74) is 6.54. The van der Waals surface area contributed by atoms with Crippen molar-refractivity contribution in [2.45, 2.75) is 32.1 Å². The van der Waals surface area contributed by atoms with Gasteiger partial charge in [-0.2, -0.15) is 0 Å². The summed E-state index contributed by atoms with van der Waals surface area (Å²) in [6.07, 6.45) is 11.1. The van der Waals surface area contributed by atoms with Crippen molar-refractivity contribution in [1.82, 2.24) is 4.90 Å². The lowest BCUT2D eigenvalue weighted by Gasteiger charge is -2.40. The van der Waals surface area contributed by atoms with Gasteiger partial charge < -0.3 is 10.6 Å². The largest absolute Gasteiger partial charge is 0.370 e. The number of hydrogen-bond acceptors (Lipinski definition) is 1. The summed E-state index contributed by atoms with van der Waals surface area (Å²) in [5.74, 6) is 0.269. The molecule has 0 aromatic heterocycles. The quantitative estimate of drug-likeness (QED) is 0.359. The fourth-order valence-electron chi connectivity index (χ4n) is 4.13. The molecule has 0 unspecified atom stereocenters. The Bertz CT molecular complexity index is 312. The Balaban J connectivity index is 1.97. The molecule has 1 aliphatic heterocycles. The van der Waals surface area contributed by atoms with Crippen molar-refractivity contribution in [2.24, 2.45) is 16.6 Å². The van der Waals surface area contributed by atoms with E-state index in [4.69, 9.17) is 11.1 Å². The van der Waals surface area contributed by atoms with Gasteiger partial charge in [0, 0.05) is 13.1 Å². The molecule has 0 bridgehead atoms. The van der Waals surface area contributed by atoms with Crippen molar-refractivity contribution in [3.05, 3.63) is 12.2 Å². The van der Waals surface area contributed by atoms with Gasteiger partial charge in [-0.1, -0.05) is 18.6 Å². The van der Waals surface area contributed by atoms with Crippen LogP contribution < -0.4 is 5.73 Å². The van der Waals surface area contributed by atoms with Crippen LogP contribution in [-0.4, -0.2) is 23.9 Å². The highest BCUT2D eigenvalue weighted by atomic mass is 15.3. The second-order valence-electron chi connectivity index (χ2n) is 5.54. The van der Waals surface area contributed by atoms with Gasteiger partial charge in [-0.25, -0.2) is 0 Å². The summed E-state index contributed by atoms with van der Waals surface area (Å²) in [7, 11) is 0. The maximum atomic E-state index is 7.60. The Hall–Kier alpha value is -0.990. The molecule has 1 saturated carbocycles. The molecule has 3 heteroatoms. The van der Waals surface area contributed by atoms with Crippen LogP contribution in [0, 0.1) is 16.2 Å². The van der Waals surface area contributed by atoms with Gasteiger partial charge in [0.05, 0.1) is 0 Å². The van der Waals surface area contributed by atoms with E-state index in [2.05, 4.69) is 17.1 Å². The van der Waals surface area contributed by atoms with E-state index in [0.29, 0.717) is 10.8 Å². The lowest BCUT2D eigenvalue weighted by atomic mass is 9.62. The Kier molecular flexibility index (Phi) is 1.71. The lowest BCUT2D eigenvalue weighted by molar-refractivity contribution is 0.131. The van der Waals surface area contributed by atoms with Crippen molar-refractivity contribution >= 4 is 5.96 Å². The summed E-state index contributed by atoms with van der Waals surface area (Å²) in [4.78, 5) is 2.09. The average molecular weight is 205 g/mol. The SMILES string of the molecule is N=C(N)N1C[C@@]23CC=CC[C@@]2(CCC3)C1. The van der Waals surface area contributed by atoms with Crippen molar-refractivity contribution in [3.63, 3.8) is 0 Å². The third-order valence-electron chi connectivity index (χ3n) is 4.95. The molecule has 1 saturated heterocycles. The van der Waals surface area contributed by atoms with E-state index in [-0.39, 0.29) is 5.96 Å². The van der Waals surface area contributed by atoms with Gasteiger partial charge in [0.1, 0.15) is 0 Å². The highest BCUT2D eigenvalue weighted by Crippen LogP contribution is 2.63. The van der Waals surface area contributed by atoms with Crippen LogP contribution in [0.4, 0.5) is 0 Å². The van der Waals surface area contributed by atoms with Gasteiger partial charge in [-0.05, 0) is 36.5 Å². The zero-order valence-electron chi connectivity index (χ0n) is 9.13. The van der Waals surface area contributed by atoms with Crippen molar-refractivity contribution < 1.29 is 0 Å². The van der Waals surface area contributed by atoms with E-state index in [1.807, 2.05) is 0 Å². The molecular formula is C12H19N3. The molecule has 0 spiro atoms. The minimum absolute atomic E-state index is 0.269. The summed E-state index contributed by atoms with van der Waals surface area (Å²) in [5, 5.41) is 7.60. The first-order chi connectivity index (χ1) is 7.18. The Morgan fingerprint density at radius 1 is 1.13 bits per heavy atom. The highest BCUT2D eigenvalue weighted by molar-refractivity contribution is 5.75. The standard InChI is InChI=1S/C12H19N3/c13-10(14)15-8-11-4-1-2-5-12(11,9-15)7-3-6-11/h1-2H,3-9H2,(H3,13,14)/t11-,12+. The van der Waals surface area contributed by atoms with Gasteiger partial charge in [0.25, 0.3) is 0 Å². The van der Waals surface area contributed by atoms with Crippen molar-refractivity contribution in [3.8, 4) is 0 Å². The van der Waals surface area contributed by atoms with Gasteiger partial charge in [0.15, 0.2) is 5.96 Å². The van der Waals surface area contributed by atoms with E-state index in [9.17, 15) is 0 Å². The Morgan fingerprint density at radius 2 is 1.67 bits per heavy atom.